The lowest BCUT2D eigenvalue weighted by atomic mass is 10.2. The van der Waals surface area contributed by atoms with Crippen molar-refractivity contribution in [1.82, 2.24) is 0 Å². The summed E-state index contributed by atoms with van der Waals surface area (Å²) in [6.45, 7) is 0. The van der Waals surface area contributed by atoms with Crippen LogP contribution in [-0.4, -0.2) is 122 Å². The molecular weight excluding hydrogens is 957 g/mol. The first-order valence-electron chi connectivity index (χ1n) is 16.6. The Morgan fingerprint density at radius 3 is 1.09 bits per heavy atom. The average molecular weight is 1030 g/mol. The summed E-state index contributed by atoms with van der Waals surface area (Å²) in [5, 5.41) is 8.08. The van der Waals surface area contributed by atoms with E-state index in [1.807, 2.05) is 0 Å². The lowest BCUT2D eigenvalue weighted by Gasteiger charge is -2.36. The first-order chi connectivity index (χ1) is 26.3. The number of halogens is 4. The second kappa shape index (κ2) is 48.0. The van der Waals surface area contributed by atoms with Crippen molar-refractivity contribution in [3.05, 3.63) is 0 Å². The summed E-state index contributed by atoms with van der Waals surface area (Å²) < 4.78 is 87.5. The zero-order valence-corrected chi connectivity index (χ0v) is 41.8. The summed E-state index contributed by atoms with van der Waals surface area (Å²) in [6.07, 6.45) is 7.60. The minimum atomic E-state index is -4.10. The third-order valence-electron chi connectivity index (χ3n) is 6.56. The van der Waals surface area contributed by atoms with Gasteiger partial charge in [-0.3, -0.25) is 23.3 Å². The molecule has 0 amide bonds. The van der Waals surface area contributed by atoms with E-state index in [2.05, 4.69) is 31.7 Å². The molecule has 58 heavy (non-hydrogen) atoms. The Bertz CT molecular complexity index is 1010. The predicted molar refractivity (Wildman–Crippen MR) is 238 cm³/mol. The van der Waals surface area contributed by atoms with Gasteiger partial charge in [0.15, 0.2) is 0 Å². The van der Waals surface area contributed by atoms with Crippen LogP contribution in [-0.2, 0) is 73.0 Å². The van der Waals surface area contributed by atoms with Gasteiger partial charge in [0, 0.05) is 109 Å². The first kappa shape index (κ1) is 73.9. The summed E-state index contributed by atoms with van der Waals surface area (Å²) in [7, 11) is -0.105. The standard InChI is InChI=1S/C10H23ClO7P2.C8H16ClO4P.C6H10Cl2O.C3H9O3P.C2H7O3P.2CH4/c1-15-19(13,16-2)10(12,8-6-5-7-9-11)20(14,17-3)18-4;1-12-14(11,13-2)8(10)6-4-3-5-7-9;7-5-3-1-2-4-6(8)9;1-4-7(5-2)6-3;1-4-6(3)5-2;;/h12H,5-9H2,1-4H3;3-7H2,1-2H3;1-5H2;1-3H3;3H,1-2H3;2*1H4. The maximum absolute atomic E-state index is 12.5. The maximum Gasteiger partial charge on any atom is 0.396 e. The minimum absolute atomic E-state index is 0. The molecule has 0 bridgehead atoms. The smallest absolute Gasteiger partial charge is 0.368 e. The van der Waals surface area contributed by atoms with E-state index >= 15 is 0 Å². The molecule has 0 saturated carbocycles. The molecule has 2 N–H and O–H groups in total. The molecule has 0 spiro atoms. The highest BCUT2D eigenvalue weighted by molar-refractivity contribution is 7.73. The minimum Gasteiger partial charge on any atom is -0.368 e. The second-order valence-electron chi connectivity index (χ2n) is 9.98. The molecule has 0 atom stereocenters. The number of carbonyl (C=O) groups is 2. The van der Waals surface area contributed by atoms with Crippen molar-refractivity contribution in [2.75, 3.05) is 95.8 Å². The van der Waals surface area contributed by atoms with Gasteiger partial charge in [0.1, 0.15) is 0 Å². The van der Waals surface area contributed by atoms with Crippen molar-refractivity contribution < 1.29 is 83.0 Å². The zero-order chi connectivity index (χ0) is 44.7. The predicted octanol–water partition coefficient (Wildman–Crippen LogP) is 11.7. The summed E-state index contributed by atoms with van der Waals surface area (Å²) in [5.74, 6) is 1.73. The van der Waals surface area contributed by atoms with E-state index in [0.29, 0.717) is 49.7 Å². The molecule has 0 heterocycles. The monoisotopic (exact) mass is 1030 g/mol. The number of unbranched alkanes of at least 4 members (excludes halogenated alkanes) is 6. The van der Waals surface area contributed by atoms with Crippen molar-refractivity contribution in [2.24, 2.45) is 0 Å². The van der Waals surface area contributed by atoms with Crippen LogP contribution in [0.5, 0.6) is 0 Å². The number of hydrogen-bond acceptors (Lipinski definition) is 18. The van der Waals surface area contributed by atoms with E-state index in [0.717, 1.165) is 60.5 Å². The van der Waals surface area contributed by atoms with E-state index in [1.165, 1.54) is 28.4 Å². The van der Waals surface area contributed by atoms with Crippen LogP contribution in [0.1, 0.15) is 91.9 Å². The van der Waals surface area contributed by atoms with Crippen molar-refractivity contribution in [1.29, 1.82) is 0 Å². The fourth-order valence-electron chi connectivity index (χ4n) is 3.59. The van der Waals surface area contributed by atoms with Crippen molar-refractivity contribution in [3.8, 4) is 0 Å². The topological polar surface area (TPSA) is 227 Å². The number of hydrogen-bond donors (Lipinski definition) is 2. The number of rotatable bonds is 29. The summed E-state index contributed by atoms with van der Waals surface area (Å²) in [4.78, 5) is 29.8. The van der Waals surface area contributed by atoms with E-state index in [1.54, 1.807) is 21.3 Å². The Kier molecular flexibility index (Phi) is 61.2. The van der Waals surface area contributed by atoms with Crippen LogP contribution < -0.4 is 0 Å². The van der Waals surface area contributed by atoms with E-state index in [9.17, 15) is 28.4 Å². The maximum atomic E-state index is 12.5. The van der Waals surface area contributed by atoms with Crippen LogP contribution in [0.3, 0.4) is 0 Å². The molecule has 0 unspecified atom stereocenters. The Morgan fingerprint density at radius 2 is 0.862 bits per heavy atom. The largest absolute Gasteiger partial charge is 0.396 e. The number of carbonyl (C=O) groups excluding carboxylic acids is 2. The molecule has 0 aliphatic carbocycles. The SMILES string of the molecule is C.C.COP(=O)(OC)C(=O)CCCCCCl.COP(=O)(OC)C(O)(CCCCCCl)P(=O)(OC)OC.COP(O)OC.COP(OC)OC.O=C(Cl)CCCCCCl. The Hall–Kier alpha value is 1.53. The van der Waals surface area contributed by atoms with Gasteiger partial charge >= 0.3 is 40.0 Å². The molecular formula is C31H73Cl4O18P5. The molecule has 0 radical (unpaired) electrons. The number of alkyl halides is 3. The van der Waals surface area contributed by atoms with Gasteiger partial charge in [-0.25, -0.2) is 0 Å². The van der Waals surface area contributed by atoms with E-state index in [4.69, 9.17) is 69.4 Å². The molecule has 0 aliphatic heterocycles. The quantitative estimate of drug-likeness (QED) is 0.0307. The molecule has 0 aliphatic rings. The van der Waals surface area contributed by atoms with Crippen LogP contribution in [0.25, 0.3) is 0 Å². The van der Waals surface area contributed by atoms with Gasteiger partial charge in [-0.05, 0) is 56.5 Å². The van der Waals surface area contributed by atoms with Crippen LogP contribution in [0.15, 0.2) is 0 Å². The molecule has 18 nitrogen and oxygen atoms in total. The number of aliphatic hydroxyl groups is 1. The lowest BCUT2D eigenvalue weighted by Crippen LogP contribution is -2.31. The van der Waals surface area contributed by atoms with Gasteiger partial charge in [-0.1, -0.05) is 34.1 Å². The highest BCUT2D eigenvalue weighted by Gasteiger charge is 2.63. The third-order valence-corrected chi connectivity index (χ3v) is 16.5. The van der Waals surface area contributed by atoms with E-state index in [-0.39, 0.29) is 32.9 Å². The Balaban J connectivity index is -0.000000120. The summed E-state index contributed by atoms with van der Waals surface area (Å²) in [5.41, 5.74) is -0.461. The fourth-order valence-corrected chi connectivity index (χ4v) is 10.4. The van der Waals surface area contributed by atoms with Gasteiger partial charge in [-0.15, -0.1) is 34.8 Å². The molecule has 358 valence electrons. The van der Waals surface area contributed by atoms with Crippen LogP contribution in [0.4, 0.5) is 0 Å². The Labute approximate surface area is 371 Å². The van der Waals surface area contributed by atoms with Crippen LogP contribution in [0, 0.1) is 0 Å². The summed E-state index contributed by atoms with van der Waals surface area (Å²) >= 11 is 21.5. The average Bonchev–Trinajstić information content (AvgIpc) is 3.22. The fraction of sp³-hybridized carbons (Fsp3) is 0.935. The van der Waals surface area contributed by atoms with Gasteiger partial charge in [0.05, 0.1) is 0 Å². The molecule has 0 aromatic heterocycles. The van der Waals surface area contributed by atoms with E-state index < -0.39 is 50.6 Å². The first-order valence-corrected chi connectivity index (χ1v) is 25.4. The summed E-state index contributed by atoms with van der Waals surface area (Å²) in [6, 6.07) is 0. The van der Waals surface area contributed by atoms with Crippen molar-refractivity contribution in [3.63, 3.8) is 0 Å². The molecule has 0 saturated heterocycles. The van der Waals surface area contributed by atoms with Crippen molar-refractivity contribution in [2.45, 2.75) is 97.0 Å². The zero-order valence-electron chi connectivity index (χ0n) is 34.3. The molecule has 0 fully saturated rings. The van der Waals surface area contributed by atoms with Gasteiger partial charge < -0.3 is 59.8 Å². The lowest BCUT2D eigenvalue weighted by molar-refractivity contribution is -0.114. The molecule has 27 heteroatoms. The molecule has 0 rings (SSSR count). The van der Waals surface area contributed by atoms with Crippen molar-refractivity contribution >= 4 is 97.2 Å². The van der Waals surface area contributed by atoms with Gasteiger partial charge in [-0.2, -0.15) is 0 Å². The highest BCUT2D eigenvalue weighted by Crippen LogP contribution is 2.77. The highest BCUT2D eigenvalue weighted by atomic mass is 35.5. The third kappa shape index (κ3) is 34.9. The van der Waals surface area contributed by atoms with Crippen LogP contribution >= 0.6 is 86.4 Å². The van der Waals surface area contributed by atoms with Gasteiger partial charge in [0.25, 0.3) is 5.08 Å². The van der Waals surface area contributed by atoms with Gasteiger partial charge in [0.2, 0.25) is 10.8 Å². The molecule has 0 aromatic rings. The normalized spacial score (nSPS) is 11.3. The Morgan fingerprint density at radius 1 is 0.534 bits per heavy atom. The van der Waals surface area contributed by atoms with Crippen LogP contribution in [0.2, 0.25) is 0 Å². The second-order valence-corrected chi connectivity index (χ2v) is 21.8. The molecule has 0 aromatic carbocycles.